The lowest BCUT2D eigenvalue weighted by Crippen LogP contribution is -2.51. The van der Waals surface area contributed by atoms with Gasteiger partial charge in [-0.05, 0) is 66.5 Å². The molecule has 0 aromatic carbocycles. The van der Waals surface area contributed by atoms with Crippen molar-refractivity contribution in [1.29, 1.82) is 0 Å². The van der Waals surface area contributed by atoms with E-state index in [0.717, 1.165) is 12.3 Å². The third-order valence-electron chi connectivity index (χ3n) is 4.96. The zero-order chi connectivity index (χ0) is 25.0. The van der Waals surface area contributed by atoms with Crippen LogP contribution in [0.5, 0.6) is 0 Å². The van der Waals surface area contributed by atoms with Gasteiger partial charge in [-0.1, -0.05) is 0 Å². The fourth-order valence-corrected chi connectivity index (χ4v) is 3.28. The Morgan fingerprint density at radius 3 is 2.15 bits per heavy atom. The fraction of sp³-hybridized carbons (Fsp3) is 0.696. The number of hydrogen-bond acceptors (Lipinski definition) is 6. The summed E-state index contributed by atoms with van der Waals surface area (Å²) in [6.45, 7) is 11.7. The van der Waals surface area contributed by atoms with Gasteiger partial charge in [-0.3, -0.25) is 4.79 Å². The molecule has 0 radical (unpaired) electrons. The molecule has 0 aliphatic carbocycles. The van der Waals surface area contributed by atoms with Gasteiger partial charge in [-0.25, -0.2) is 9.78 Å². The lowest BCUT2D eigenvalue weighted by atomic mass is 9.95. The zero-order valence-corrected chi connectivity index (χ0v) is 20.1. The van der Waals surface area contributed by atoms with Gasteiger partial charge in [0.25, 0.3) is 0 Å². The largest absolute Gasteiger partial charge is 0.458 e. The van der Waals surface area contributed by atoms with Crippen LogP contribution in [0.1, 0.15) is 59.9 Å². The number of pyridine rings is 1. The molecule has 33 heavy (non-hydrogen) atoms. The molecule has 2 heterocycles. The first kappa shape index (κ1) is 26.9. The zero-order valence-electron chi connectivity index (χ0n) is 20.1. The second kappa shape index (κ2) is 10.3. The Kier molecular flexibility index (Phi) is 8.37. The van der Waals surface area contributed by atoms with Crippen LogP contribution in [0.3, 0.4) is 0 Å². The first-order valence-electron chi connectivity index (χ1n) is 11.0. The van der Waals surface area contributed by atoms with Crippen LogP contribution in [-0.4, -0.2) is 53.8 Å². The van der Waals surface area contributed by atoms with Crippen molar-refractivity contribution in [2.24, 2.45) is 5.92 Å². The van der Waals surface area contributed by atoms with E-state index in [-0.39, 0.29) is 18.4 Å². The number of nitrogens with one attached hydrogen (secondary N) is 1. The molecule has 0 spiro atoms. The maximum Gasteiger partial charge on any atom is 0.417 e. The van der Waals surface area contributed by atoms with Gasteiger partial charge in [0.05, 0.1) is 17.8 Å². The van der Waals surface area contributed by atoms with Crippen molar-refractivity contribution >= 4 is 17.7 Å². The summed E-state index contributed by atoms with van der Waals surface area (Å²) in [6, 6.07) is 1.40. The molecular formula is C23H34F3N3O4. The Balaban J connectivity index is 1.97. The van der Waals surface area contributed by atoms with E-state index >= 15 is 0 Å². The molecule has 1 aromatic rings. The molecule has 1 amide bonds. The van der Waals surface area contributed by atoms with Crippen molar-refractivity contribution in [3.05, 3.63) is 23.9 Å². The maximum absolute atomic E-state index is 12.9. The van der Waals surface area contributed by atoms with E-state index in [4.69, 9.17) is 9.47 Å². The number of esters is 1. The Hall–Kier alpha value is -2.36. The fourth-order valence-electron chi connectivity index (χ4n) is 3.28. The van der Waals surface area contributed by atoms with E-state index in [1.54, 1.807) is 20.8 Å². The highest BCUT2D eigenvalue weighted by Gasteiger charge is 2.33. The maximum atomic E-state index is 12.9. The van der Waals surface area contributed by atoms with Crippen molar-refractivity contribution in [2.75, 3.05) is 24.6 Å². The van der Waals surface area contributed by atoms with Crippen molar-refractivity contribution in [1.82, 2.24) is 10.3 Å². The summed E-state index contributed by atoms with van der Waals surface area (Å²) >= 11 is 0. The molecule has 1 fully saturated rings. The Labute approximate surface area is 193 Å². The number of ether oxygens (including phenoxy) is 2. The SMILES string of the molecule is CC(C)(C)OCC(NC(=O)C1CCN(c2ccc(C(F)(F)F)cn2)CC1)C(=O)OC(C)(C)C. The van der Waals surface area contributed by atoms with Crippen LogP contribution in [0.25, 0.3) is 0 Å². The second-order valence-corrected chi connectivity index (χ2v) is 10.2. The first-order chi connectivity index (χ1) is 15.0. The average Bonchev–Trinajstić information content (AvgIpc) is 2.68. The normalized spacial score (nSPS) is 16.9. The Morgan fingerprint density at radius 1 is 1.09 bits per heavy atom. The van der Waals surface area contributed by atoms with Crippen molar-refractivity contribution in [3.63, 3.8) is 0 Å². The number of hydrogen-bond donors (Lipinski definition) is 1. The lowest BCUT2D eigenvalue weighted by molar-refractivity contribution is -0.162. The molecule has 0 saturated carbocycles. The van der Waals surface area contributed by atoms with Crippen molar-refractivity contribution in [2.45, 2.75) is 77.8 Å². The molecule has 10 heteroatoms. The number of aromatic nitrogens is 1. The molecule has 2 rings (SSSR count). The number of piperidine rings is 1. The van der Waals surface area contributed by atoms with E-state index in [1.165, 1.54) is 6.07 Å². The van der Waals surface area contributed by atoms with Crippen molar-refractivity contribution < 1.29 is 32.2 Å². The van der Waals surface area contributed by atoms with Crippen LogP contribution in [0.15, 0.2) is 18.3 Å². The average molecular weight is 474 g/mol. The van der Waals surface area contributed by atoms with Crippen LogP contribution in [0, 0.1) is 5.92 Å². The van der Waals surface area contributed by atoms with E-state index in [9.17, 15) is 22.8 Å². The molecular weight excluding hydrogens is 439 g/mol. The molecule has 186 valence electrons. The minimum absolute atomic E-state index is 0.0154. The molecule has 1 saturated heterocycles. The van der Waals surface area contributed by atoms with Gasteiger partial charge in [0.2, 0.25) is 5.91 Å². The number of carbonyl (C=O) groups is 2. The van der Waals surface area contributed by atoms with Crippen LogP contribution in [-0.2, 0) is 25.2 Å². The molecule has 1 N–H and O–H groups in total. The molecule has 7 nitrogen and oxygen atoms in total. The summed E-state index contributed by atoms with van der Waals surface area (Å²) < 4.78 is 49.3. The number of rotatable bonds is 6. The van der Waals surface area contributed by atoms with Crippen LogP contribution in [0.4, 0.5) is 19.0 Å². The van der Waals surface area contributed by atoms with Gasteiger partial charge in [0, 0.05) is 25.2 Å². The van der Waals surface area contributed by atoms with Crippen LogP contribution < -0.4 is 10.2 Å². The first-order valence-corrected chi connectivity index (χ1v) is 11.0. The number of amides is 1. The quantitative estimate of drug-likeness (QED) is 0.630. The monoisotopic (exact) mass is 473 g/mol. The number of halogens is 3. The van der Waals surface area contributed by atoms with E-state index in [2.05, 4.69) is 10.3 Å². The van der Waals surface area contributed by atoms with Crippen LogP contribution in [0.2, 0.25) is 0 Å². The summed E-state index contributed by atoms with van der Waals surface area (Å²) in [6.07, 6.45) is -2.65. The summed E-state index contributed by atoms with van der Waals surface area (Å²) in [5.74, 6) is -0.739. The highest BCUT2D eigenvalue weighted by molar-refractivity contribution is 5.86. The smallest absolute Gasteiger partial charge is 0.417 e. The predicted molar refractivity (Wildman–Crippen MR) is 118 cm³/mol. The van der Waals surface area contributed by atoms with E-state index in [1.807, 2.05) is 25.7 Å². The lowest BCUT2D eigenvalue weighted by Gasteiger charge is -2.33. The molecule has 1 atom stereocenters. The minimum atomic E-state index is -4.43. The van der Waals surface area contributed by atoms with Gasteiger partial charge in [0.1, 0.15) is 11.4 Å². The molecule has 0 bridgehead atoms. The van der Waals surface area contributed by atoms with Crippen LogP contribution >= 0.6 is 0 Å². The van der Waals surface area contributed by atoms with Gasteiger partial charge in [-0.15, -0.1) is 0 Å². The predicted octanol–water partition coefficient (Wildman–Crippen LogP) is 3.96. The molecule has 1 aliphatic heterocycles. The second-order valence-electron chi connectivity index (χ2n) is 10.2. The summed E-state index contributed by atoms with van der Waals surface area (Å²) in [4.78, 5) is 31.2. The third kappa shape index (κ3) is 8.83. The molecule has 1 unspecified atom stereocenters. The highest BCUT2D eigenvalue weighted by atomic mass is 19.4. The van der Waals surface area contributed by atoms with Gasteiger partial charge < -0.3 is 19.7 Å². The summed E-state index contributed by atoms with van der Waals surface area (Å²) in [5.41, 5.74) is -2.00. The highest BCUT2D eigenvalue weighted by Crippen LogP contribution is 2.30. The van der Waals surface area contributed by atoms with Gasteiger partial charge >= 0.3 is 12.1 Å². The number of anilines is 1. The van der Waals surface area contributed by atoms with Gasteiger partial charge in [-0.2, -0.15) is 13.2 Å². The minimum Gasteiger partial charge on any atom is -0.458 e. The number of carbonyl (C=O) groups excluding carboxylic acids is 2. The topological polar surface area (TPSA) is 80.8 Å². The molecule has 1 aromatic heterocycles. The summed E-state index contributed by atoms with van der Waals surface area (Å²) in [7, 11) is 0. The number of nitrogens with zero attached hydrogens (tertiary/aromatic N) is 2. The van der Waals surface area contributed by atoms with Crippen molar-refractivity contribution in [3.8, 4) is 0 Å². The molecule has 1 aliphatic rings. The number of alkyl halides is 3. The third-order valence-corrected chi connectivity index (χ3v) is 4.96. The Bertz CT molecular complexity index is 806. The standard InChI is InChI=1S/C23H34F3N3O4/c1-21(2,3)32-14-17(20(31)33-22(4,5)6)28-19(30)15-9-11-29(12-10-15)18-8-7-16(13-27-18)23(24,25)26/h7-8,13,15,17H,9-12,14H2,1-6H3,(H,28,30). The van der Waals surface area contributed by atoms with Gasteiger partial charge in [0.15, 0.2) is 6.04 Å². The Morgan fingerprint density at radius 2 is 1.70 bits per heavy atom. The summed E-state index contributed by atoms with van der Waals surface area (Å²) in [5, 5.41) is 2.76. The van der Waals surface area contributed by atoms with E-state index < -0.39 is 35.0 Å². The van der Waals surface area contributed by atoms with E-state index in [0.29, 0.717) is 31.7 Å².